The Bertz CT molecular complexity index is 715. The number of rotatable bonds is 4. The van der Waals surface area contributed by atoms with E-state index in [1.54, 1.807) is 22.3 Å². The van der Waals surface area contributed by atoms with Gasteiger partial charge in [0.25, 0.3) is 0 Å². The van der Waals surface area contributed by atoms with Gasteiger partial charge in [0.05, 0.1) is 22.4 Å². The summed E-state index contributed by atoms with van der Waals surface area (Å²) >= 11 is 1.75. The van der Waals surface area contributed by atoms with Crippen LogP contribution in [0.1, 0.15) is 28.5 Å². The van der Waals surface area contributed by atoms with Crippen LogP contribution in [0.2, 0.25) is 0 Å². The van der Waals surface area contributed by atoms with Gasteiger partial charge < -0.3 is 5.32 Å². The van der Waals surface area contributed by atoms with E-state index < -0.39 is 0 Å². The van der Waals surface area contributed by atoms with Gasteiger partial charge in [-0.05, 0) is 45.0 Å². The summed E-state index contributed by atoms with van der Waals surface area (Å²) in [5.74, 6) is 0. The van der Waals surface area contributed by atoms with Crippen LogP contribution in [0.25, 0.3) is 5.69 Å². The summed E-state index contributed by atoms with van der Waals surface area (Å²) in [6, 6.07) is 8.39. The number of aromatic nitrogens is 4. The van der Waals surface area contributed by atoms with Crippen LogP contribution in [0.4, 0.5) is 5.69 Å². The lowest BCUT2D eigenvalue weighted by Crippen LogP contribution is -2.06. The van der Waals surface area contributed by atoms with E-state index in [-0.39, 0.29) is 6.04 Å². The average Bonchev–Trinajstić information content (AvgIpc) is 3.09. The Morgan fingerprint density at radius 2 is 1.95 bits per heavy atom. The summed E-state index contributed by atoms with van der Waals surface area (Å²) in [7, 11) is 0. The van der Waals surface area contributed by atoms with Crippen LogP contribution < -0.4 is 5.32 Å². The zero-order chi connectivity index (χ0) is 14.8. The van der Waals surface area contributed by atoms with Crippen LogP contribution >= 0.6 is 11.3 Å². The van der Waals surface area contributed by atoms with E-state index in [1.807, 2.05) is 19.1 Å². The molecule has 0 saturated carbocycles. The molecule has 0 aliphatic heterocycles. The molecule has 1 aromatic carbocycles. The number of hydrogen-bond donors (Lipinski definition) is 1. The molecule has 0 fully saturated rings. The van der Waals surface area contributed by atoms with Crippen molar-refractivity contribution < 1.29 is 0 Å². The van der Waals surface area contributed by atoms with Gasteiger partial charge in [-0.2, -0.15) is 5.10 Å². The molecule has 108 valence electrons. The fourth-order valence-electron chi connectivity index (χ4n) is 2.32. The van der Waals surface area contributed by atoms with E-state index in [0.717, 1.165) is 22.1 Å². The molecule has 1 atom stereocenters. The van der Waals surface area contributed by atoms with Gasteiger partial charge in [0.15, 0.2) is 0 Å². The molecule has 6 heteroatoms. The molecule has 0 aliphatic carbocycles. The van der Waals surface area contributed by atoms with E-state index in [2.05, 4.69) is 46.4 Å². The van der Waals surface area contributed by atoms with Gasteiger partial charge in [-0.15, -0.1) is 11.3 Å². The first-order valence-corrected chi connectivity index (χ1v) is 7.60. The number of benzene rings is 1. The van der Waals surface area contributed by atoms with Crippen LogP contribution in [-0.2, 0) is 0 Å². The van der Waals surface area contributed by atoms with E-state index >= 15 is 0 Å². The highest BCUT2D eigenvalue weighted by Gasteiger charge is 2.12. The van der Waals surface area contributed by atoms with Crippen molar-refractivity contribution in [2.45, 2.75) is 26.8 Å². The third-order valence-corrected chi connectivity index (χ3v) is 4.52. The van der Waals surface area contributed by atoms with E-state index in [0.29, 0.717) is 0 Å². The second kappa shape index (κ2) is 5.65. The number of nitrogens with one attached hydrogen (secondary N) is 1. The van der Waals surface area contributed by atoms with Gasteiger partial charge in [0.2, 0.25) is 0 Å². The van der Waals surface area contributed by atoms with Gasteiger partial charge >= 0.3 is 0 Å². The van der Waals surface area contributed by atoms with Crippen LogP contribution in [-0.4, -0.2) is 19.7 Å². The molecule has 2 aromatic heterocycles. The minimum absolute atomic E-state index is 0.244. The Morgan fingerprint density at radius 3 is 2.52 bits per heavy atom. The molecule has 5 nitrogen and oxygen atoms in total. The highest BCUT2D eigenvalue weighted by molar-refractivity contribution is 7.11. The predicted octanol–water partition coefficient (Wildman–Crippen LogP) is 3.51. The summed E-state index contributed by atoms with van der Waals surface area (Å²) in [6.07, 6.45) is 3.22. The molecule has 1 unspecified atom stereocenters. The Hall–Kier alpha value is -2.21. The number of nitrogens with zero attached hydrogens (tertiary/aromatic N) is 4. The molecule has 3 aromatic rings. The SMILES string of the molecule is Cc1nc(C)c(C(C)Nc2ccc(-n3cncn3)cc2)s1. The number of anilines is 1. The minimum atomic E-state index is 0.244. The molecular weight excluding hydrogens is 282 g/mol. The lowest BCUT2D eigenvalue weighted by molar-refractivity contribution is 0.874. The van der Waals surface area contributed by atoms with Crippen molar-refractivity contribution in [1.82, 2.24) is 19.7 Å². The number of thiazole rings is 1. The lowest BCUT2D eigenvalue weighted by atomic mass is 10.2. The van der Waals surface area contributed by atoms with Crippen LogP contribution in [0.3, 0.4) is 0 Å². The topological polar surface area (TPSA) is 55.6 Å². The Kier molecular flexibility index (Phi) is 3.70. The smallest absolute Gasteiger partial charge is 0.138 e. The molecule has 0 radical (unpaired) electrons. The number of aryl methyl sites for hydroxylation is 2. The van der Waals surface area contributed by atoms with E-state index in [1.165, 1.54) is 11.2 Å². The van der Waals surface area contributed by atoms with Crippen molar-refractivity contribution in [1.29, 1.82) is 0 Å². The van der Waals surface area contributed by atoms with Gasteiger partial charge in [0, 0.05) is 10.6 Å². The molecule has 2 heterocycles. The zero-order valence-corrected chi connectivity index (χ0v) is 13.1. The molecule has 0 bridgehead atoms. The summed E-state index contributed by atoms with van der Waals surface area (Å²) in [4.78, 5) is 9.72. The van der Waals surface area contributed by atoms with Crippen molar-refractivity contribution in [2.75, 3.05) is 5.32 Å². The maximum absolute atomic E-state index is 4.48. The first-order valence-electron chi connectivity index (χ1n) is 6.79. The highest BCUT2D eigenvalue weighted by Crippen LogP contribution is 2.27. The first-order chi connectivity index (χ1) is 10.1. The molecule has 1 N–H and O–H groups in total. The van der Waals surface area contributed by atoms with Crippen molar-refractivity contribution in [3.8, 4) is 5.69 Å². The molecule has 3 rings (SSSR count). The summed E-state index contributed by atoms with van der Waals surface area (Å²) in [6.45, 7) is 6.26. The monoisotopic (exact) mass is 299 g/mol. The van der Waals surface area contributed by atoms with Crippen LogP contribution in [0, 0.1) is 13.8 Å². The predicted molar refractivity (Wildman–Crippen MR) is 85.0 cm³/mol. The largest absolute Gasteiger partial charge is 0.378 e. The van der Waals surface area contributed by atoms with Crippen molar-refractivity contribution >= 4 is 17.0 Å². The molecule has 0 amide bonds. The van der Waals surface area contributed by atoms with Crippen molar-refractivity contribution in [3.05, 3.63) is 52.5 Å². The minimum Gasteiger partial charge on any atom is -0.378 e. The zero-order valence-electron chi connectivity index (χ0n) is 12.2. The summed E-state index contributed by atoms with van der Waals surface area (Å²) in [5, 5.41) is 8.74. The average molecular weight is 299 g/mol. The fraction of sp³-hybridized carbons (Fsp3) is 0.267. The molecule has 0 aliphatic rings. The van der Waals surface area contributed by atoms with Gasteiger partial charge in [-0.3, -0.25) is 0 Å². The second-order valence-corrected chi connectivity index (χ2v) is 6.17. The third kappa shape index (κ3) is 2.95. The van der Waals surface area contributed by atoms with Crippen molar-refractivity contribution in [2.24, 2.45) is 0 Å². The van der Waals surface area contributed by atoms with E-state index in [9.17, 15) is 0 Å². The molecular formula is C15H17N5S. The van der Waals surface area contributed by atoms with Crippen LogP contribution in [0.15, 0.2) is 36.9 Å². The van der Waals surface area contributed by atoms with Crippen molar-refractivity contribution in [3.63, 3.8) is 0 Å². The normalized spacial score (nSPS) is 12.3. The summed E-state index contributed by atoms with van der Waals surface area (Å²) < 4.78 is 1.74. The Labute approximate surface area is 127 Å². The Morgan fingerprint density at radius 1 is 1.19 bits per heavy atom. The van der Waals surface area contributed by atoms with Gasteiger partial charge in [0.1, 0.15) is 12.7 Å². The molecule has 0 saturated heterocycles. The lowest BCUT2D eigenvalue weighted by Gasteiger charge is -2.14. The fourth-order valence-corrected chi connectivity index (χ4v) is 3.25. The van der Waals surface area contributed by atoms with Gasteiger partial charge in [-0.25, -0.2) is 14.6 Å². The standard InChI is InChI=1S/C15H17N5S/c1-10-15(21-12(3)18-10)11(2)19-13-4-6-14(7-5-13)20-9-16-8-17-20/h4-9,11,19H,1-3H3. The number of hydrogen-bond acceptors (Lipinski definition) is 5. The quantitative estimate of drug-likeness (QED) is 0.801. The maximum Gasteiger partial charge on any atom is 0.138 e. The van der Waals surface area contributed by atoms with Gasteiger partial charge in [-0.1, -0.05) is 0 Å². The third-order valence-electron chi connectivity index (χ3n) is 3.27. The van der Waals surface area contributed by atoms with E-state index in [4.69, 9.17) is 0 Å². The van der Waals surface area contributed by atoms with Crippen LogP contribution in [0.5, 0.6) is 0 Å². The molecule has 0 spiro atoms. The highest BCUT2D eigenvalue weighted by atomic mass is 32.1. The maximum atomic E-state index is 4.48. The summed E-state index contributed by atoms with van der Waals surface area (Å²) in [5.41, 5.74) is 3.18. The first kappa shape index (κ1) is 13.8. The molecule has 21 heavy (non-hydrogen) atoms. The second-order valence-electron chi connectivity index (χ2n) is 4.94. The Balaban J connectivity index is 1.74.